The fourth-order valence-electron chi connectivity index (χ4n) is 2.95. The van der Waals surface area contributed by atoms with Crippen LogP contribution in [0, 0.1) is 6.92 Å². The van der Waals surface area contributed by atoms with E-state index in [0.29, 0.717) is 12.8 Å². The summed E-state index contributed by atoms with van der Waals surface area (Å²) in [5.74, 6) is -0.0573. The number of aryl methyl sites for hydroxylation is 1. The number of hydrogen-bond donors (Lipinski definition) is 3. The smallest absolute Gasteiger partial charge is 0.256 e. The molecular weight excluding hydrogens is 302 g/mol. The number of anilines is 1. The molecule has 1 saturated heterocycles. The molecular formula is C16H22ClN3O2. The molecule has 1 fully saturated rings. The second kappa shape index (κ2) is 6.69. The van der Waals surface area contributed by atoms with Crippen LogP contribution in [0.3, 0.4) is 0 Å². The molecule has 120 valence electrons. The lowest BCUT2D eigenvalue weighted by molar-refractivity contribution is -0.140. The maximum atomic E-state index is 12.6. The summed E-state index contributed by atoms with van der Waals surface area (Å²) in [6, 6.07) is 7.96. The monoisotopic (exact) mass is 323 g/mol. The molecule has 1 aromatic carbocycles. The van der Waals surface area contributed by atoms with Crippen molar-refractivity contribution in [2.45, 2.75) is 25.4 Å². The number of aromatic amines is 1. The first-order valence-corrected chi connectivity index (χ1v) is 7.30. The lowest BCUT2D eigenvalue weighted by Crippen LogP contribution is -2.51. The van der Waals surface area contributed by atoms with Gasteiger partial charge in [0, 0.05) is 29.4 Å². The Morgan fingerprint density at radius 1 is 1.27 bits per heavy atom. The molecule has 3 rings (SSSR count). The van der Waals surface area contributed by atoms with Gasteiger partial charge in [-0.2, -0.15) is 0 Å². The molecule has 0 aliphatic carbocycles. The third-order valence-electron chi connectivity index (χ3n) is 4.23. The molecule has 1 amide bonds. The highest BCUT2D eigenvalue weighted by Gasteiger charge is 2.39. The van der Waals surface area contributed by atoms with Gasteiger partial charge in [0.2, 0.25) is 0 Å². The van der Waals surface area contributed by atoms with Crippen LogP contribution in [0.4, 0.5) is 5.69 Å². The van der Waals surface area contributed by atoms with E-state index in [1.165, 1.54) is 0 Å². The van der Waals surface area contributed by atoms with Crippen LogP contribution in [0.25, 0.3) is 10.9 Å². The zero-order valence-electron chi connectivity index (χ0n) is 12.9. The minimum absolute atomic E-state index is 0. The van der Waals surface area contributed by atoms with Gasteiger partial charge < -0.3 is 20.4 Å². The highest BCUT2D eigenvalue weighted by molar-refractivity contribution is 5.99. The number of ether oxygens (including phenoxy) is 1. The van der Waals surface area contributed by atoms with E-state index in [0.717, 1.165) is 35.4 Å². The molecule has 0 spiro atoms. The zero-order chi connectivity index (χ0) is 14.9. The Morgan fingerprint density at radius 3 is 2.68 bits per heavy atom. The van der Waals surface area contributed by atoms with Crippen molar-refractivity contribution < 1.29 is 9.53 Å². The van der Waals surface area contributed by atoms with Crippen molar-refractivity contribution in [2.75, 3.05) is 25.5 Å². The van der Waals surface area contributed by atoms with E-state index in [1.54, 1.807) is 7.11 Å². The maximum Gasteiger partial charge on any atom is 0.256 e. The summed E-state index contributed by atoms with van der Waals surface area (Å²) in [4.78, 5) is 15.9. The van der Waals surface area contributed by atoms with Crippen molar-refractivity contribution in [1.29, 1.82) is 0 Å². The molecule has 6 heteroatoms. The second-order valence-corrected chi connectivity index (χ2v) is 5.66. The van der Waals surface area contributed by atoms with Gasteiger partial charge in [-0.15, -0.1) is 12.4 Å². The van der Waals surface area contributed by atoms with Gasteiger partial charge in [0.25, 0.3) is 5.91 Å². The van der Waals surface area contributed by atoms with E-state index in [2.05, 4.69) is 21.7 Å². The number of methoxy groups -OCH3 is 1. The molecule has 1 aliphatic heterocycles. The predicted octanol–water partition coefficient (Wildman–Crippen LogP) is 2.61. The number of nitrogens with one attached hydrogen (secondary N) is 3. The minimum atomic E-state index is -0.714. The zero-order valence-corrected chi connectivity index (χ0v) is 13.7. The van der Waals surface area contributed by atoms with E-state index >= 15 is 0 Å². The Kier molecular flexibility index (Phi) is 5.11. The van der Waals surface area contributed by atoms with E-state index in [-0.39, 0.29) is 18.3 Å². The van der Waals surface area contributed by atoms with Crippen molar-refractivity contribution in [2.24, 2.45) is 0 Å². The largest absolute Gasteiger partial charge is 0.368 e. The summed E-state index contributed by atoms with van der Waals surface area (Å²) in [6.45, 7) is 3.63. The van der Waals surface area contributed by atoms with Gasteiger partial charge in [0.15, 0.2) is 0 Å². The Balaban J connectivity index is 0.00000176. The molecule has 0 atom stereocenters. The Labute approximate surface area is 136 Å². The molecule has 1 aromatic heterocycles. The van der Waals surface area contributed by atoms with E-state index in [1.807, 2.05) is 25.1 Å². The van der Waals surface area contributed by atoms with Gasteiger partial charge in [0.1, 0.15) is 5.60 Å². The number of carbonyl (C=O) groups is 1. The van der Waals surface area contributed by atoms with Gasteiger partial charge >= 0.3 is 0 Å². The first-order chi connectivity index (χ1) is 10.1. The van der Waals surface area contributed by atoms with E-state index in [9.17, 15) is 4.79 Å². The topological polar surface area (TPSA) is 66.1 Å². The standard InChI is InChI=1S/C16H21N3O2.ClH/c1-11-9-12-10-13(3-4-14(12)18-11)19-15(20)16(21-2)5-7-17-8-6-16;/h3-4,9-10,17-18H,5-8H2,1-2H3,(H,19,20);1H. The summed E-state index contributed by atoms with van der Waals surface area (Å²) in [5.41, 5.74) is 2.28. The minimum Gasteiger partial charge on any atom is -0.368 e. The maximum absolute atomic E-state index is 12.6. The molecule has 1 aliphatic rings. The molecule has 2 heterocycles. The molecule has 0 radical (unpaired) electrons. The number of hydrogen-bond acceptors (Lipinski definition) is 3. The van der Waals surface area contributed by atoms with Crippen molar-refractivity contribution in [3.8, 4) is 0 Å². The first-order valence-electron chi connectivity index (χ1n) is 7.30. The molecule has 22 heavy (non-hydrogen) atoms. The van der Waals surface area contributed by atoms with Crippen molar-refractivity contribution in [1.82, 2.24) is 10.3 Å². The SMILES string of the molecule is COC1(C(=O)Nc2ccc3[nH]c(C)cc3c2)CCNCC1.Cl. The van der Waals surface area contributed by atoms with Crippen molar-refractivity contribution in [3.05, 3.63) is 30.0 Å². The van der Waals surface area contributed by atoms with Crippen LogP contribution in [0.15, 0.2) is 24.3 Å². The Hall–Kier alpha value is -1.56. The quantitative estimate of drug-likeness (QED) is 0.813. The van der Waals surface area contributed by atoms with Crippen LogP contribution < -0.4 is 10.6 Å². The molecule has 2 aromatic rings. The van der Waals surface area contributed by atoms with Crippen LogP contribution in [0.5, 0.6) is 0 Å². The number of piperidine rings is 1. The average molecular weight is 324 g/mol. The summed E-state index contributed by atoms with van der Waals surface area (Å²) in [5, 5.41) is 7.35. The number of carbonyl (C=O) groups excluding carboxylic acids is 1. The van der Waals surface area contributed by atoms with Crippen LogP contribution in [-0.4, -0.2) is 36.7 Å². The molecule has 5 nitrogen and oxygen atoms in total. The molecule has 0 unspecified atom stereocenters. The van der Waals surface area contributed by atoms with Crippen molar-refractivity contribution in [3.63, 3.8) is 0 Å². The number of benzene rings is 1. The Bertz CT molecular complexity index is 662. The highest BCUT2D eigenvalue weighted by atomic mass is 35.5. The molecule has 3 N–H and O–H groups in total. The van der Waals surface area contributed by atoms with Gasteiger partial charge in [0.05, 0.1) is 0 Å². The number of rotatable bonds is 3. The fourth-order valence-corrected chi connectivity index (χ4v) is 2.95. The summed E-state index contributed by atoms with van der Waals surface area (Å²) < 4.78 is 5.55. The van der Waals surface area contributed by atoms with Crippen LogP contribution >= 0.6 is 12.4 Å². The van der Waals surface area contributed by atoms with Crippen LogP contribution in [-0.2, 0) is 9.53 Å². The van der Waals surface area contributed by atoms with Gasteiger partial charge in [-0.25, -0.2) is 0 Å². The third-order valence-corrected chi connectivity index (χ3v) is 4.23. The third kappa shape index (κ3) is 3.11. The molecule has 0 saturated carbocycles. The van der Waals surface area contributed by atoms with Crippen LogP contribution in [0.2, 0.25) is 0 Å². The first kappa shape index (κ1) is 16.8. The van der Waals surface area contributed by atoms with Gasteiger partial charge in [-0.3, -0.25) is 4.79 Å². The highest BCUT2D eigenvalue weighted by Crippen LogP contribution is 2.26. The number of aromatic nitrogens is 1. The second-order valence-electron chi connectivity index (χ2n) is 5.66. The number of amides is 1. The number of H-pyrrole nitrogens is 1. The normalized spacial score (nSPS) is 17.0. The van der Waals surface area contributed by atoms with Gasteiger partial charge in [-0.05, 0) is 57.1 Å². The van der Waals surface area contributed by atoms with Crippen LogP contribution in [0.1, 0.15) is 18.5 Å². The number of halogens is 1. The van der Waals surface area contributed by atoms with E-state index < -0.39 is 5.60 Å². The number of fused-ring (bicyclic) bond motifs is 1. The Morgan fingerprint density at radius 2 is 2.00 bits per heavy atom. The fraction of sp³-hybridized carbons (Fsp3) is 0.438. The van der Waals surface area contributed by atoms with Crippen molar-refractivity contribution >= 4 is 34.9 Å². The molecule has 0 bridgehead atoms. The summed E-state index contributed by atoms with van der Waals surface area (Å²) >= 11 is 0. The summed E-state index contributed by atoms with van der Waals surface area (Å²) in [6.07, 6.45) is 1.39. The lowest BCUT2D eigenvalue weighted by Gasteiger charge is -2.34. The lowest BCUT2D eigenvalue weighted by atomic mass is 9.91. The average Bonchev–Trinajstić information content (AvgIpc) is 2.87. The van der Waals surface area contributed by atoms with Gasteiger partial charge in [-0.1, -0.05) is 0 Å². The van der Waals surface area contributed by atoms with E-state index in [4.69, 9.17) is 4.74 Å². The predicted molar refractivity (Wildman–Crippen MR) is 90.8 cm³/mol. The summed E-state index contributed by atoms with van der Waals surface area (Å²) in [7, 11) is 1.61.